The van der Waals surface area contributed by atoms with E-state index in [9.17, 15) is 0 Å². The number of rotatable bonds is 6. The van der Waals surface area contributed by atoms with Gasteiger partial charge in [-0.3, -0.25) is 0 Å². The van der Waals surface area contributed by atoms with E-state index >= 15 is 0 Å². The normalized spacial score (nSPS) is 29.4. The predicted octanol–water partition coefficient (Wildman–Crippen LogP) is 2.72. The van der Waals surface area contributed by atoms with Gasteiger partial charge in [-0.1, -0.05) is 20.3 Å². The third-order valence-electron chi connectivity index (χ3n) is 3.20. The van der Waals surface area contributed by atoms with Crippen LogP contribution in [0.5, 0.6) is 0 Å². The summed E-state index contributed by atoms with van der Waals surface area (Å²) in [7, 11) is 0. The fraction of sp³-hybridized carbons (Fsp3) is 1.00. The van der Waals surface area contributed by atoms with Crippen LogP contribution in [0.3, 0.4) is 0 Å². The smallest absolute Gasteiger partial charge is 0.0779 e. The molecule has 0 bridgehead atoms. The molecule has 0 aromatic carbocycles. The quantitative estimate of drug-likeness (QED) is 0.710. The monoisotopic (exact) mass is 199 g/mol. The Labute approximate surface area is 88.4 Å². The highest BCUT2D eigenvalue weighted by atomic mass is 16.5. The van der Waals surface area contributed by atoms with E-state index in [1.54, 1.807) is 0 Å². The molecule has 2 unspecified atom stereocenters. The van der Waals surface area contributed by atoms with Gasteiger partial charge < -0.3 is 10.1 Å². The Balaban J connectivity index is 2.23. The molecule has 0 aromatic heterocycles. The van der Waals surface area contributed by atoms with Crippen molar-refractivity contribution in [1.29, 1.82) is 0 Å². The molecule has 1 fully saturated rings. The van der Waals surface area contributed by atoms with Crippen LogP contribution in [0.1, 0.15) is 52.9 Å². The zero-order valence-electron chi connectivity index (χ0n) is 9.94. The molecule has 1 heterocycles. The molecule has 2 nitrogen and oxygen atoms in total. The summed E-state index contributed by atoms with van der Waals surface area (Å²) in [4.78, 5) is 0. The van der Waals surface area contributed by atoms with E-state index in [4.69, 9.17) is 4.74 Å². The van der Waals surface area contributed by atoms with Gasteiger partial charge in [0.1, 0.15) is 0 Å². The Kier molecular flexibility index (Phi) is 4.90. The minimum Gasteiger partial charge on any atom is -0.374 e. The van der Waals surface area contributed by atoms with E-state index in [2.05, 4.69) is 26.1 Å². The summed E-state index contributed by atoms with van der Waals surface area (Å²) in [5, 5.41) is 3.63. The molecular formula is C12H25NO. The number of ether oxygens (including phenoxy) is 1. The van der Waals surface area contributed by atoms with Crippen molar-refractivity contribution in [1.82, 2.24) is 5.32 Å². The van der Waals surface area contributed by atoms with Crippen LogP contribution in [-0.4, -0.2) is 24.8 Å². The highest BCUT2D eigenvalue weighted by Gasteiger charge is 2.29. The molecule has 0 spiro atoms. The predicted molar refractivity (Wildman–Crippen MR) is 60.6 cm³/mol. The van der Waals surface area contributed by atoms with Gasteiger partial charge in [0.05, 0.1) is 5.60 Å². The lowest BCUT2D eigenvalue weighted by molar-refractivity contribution is 0.0184. The molecule has 2 heteroatoms. The molecule has 1 aliphatic heterocycles. The molecule has 1 aliphatic rings. The highest BCUT2D eigenvalue weighted by Crippen LogP contribution is 2.24. The Morgan fingerprint density at radius 2 is 2.21 bits per heavy atom. The van der Waals surface area contributed by atoms with Crippen LogP contribution in [0.25, 0.3) is 0 Å². The molecule has 0 aliphatic carbocycles. The summed E-state index contributed by atoms with van der Waals surface area (Å²) in [6.07, 6.45) is 6.21. The average Bonchev–Trinajstić information content (AvgIpc) is 2.60. The molecule has 0 radical (unpaired) electrons. The highest BCUT2D eigenvalue weighted by molar-refractivity contribution is 4.83. The fourth-order valence-electron chi connectivity index (χ4n) is 2.14. The maximum atomic E-state index is 5.75. The first-order valence-electron chi connectivity index (χ1n) is 6.07. The first kappa shape index (κ1) is 12.0. The van der Waals surface area contributed by atoms with Crippen LogP contribution in [0.4, 0.5) is 0 Å². The van der Waals surface area contributed by atoms with Gasteiger partial charge in [0.2, 0.25) is 0 Å². The molecule has 84 valence electrons. The second kappa shape index (κ2) is 5.72. The van der Waals surface area contributed by atoms with Gasteiger partial charge in [-0.05, 0) is 32.6 Å². The lowest BCUT2D eigenvalue weighted by atomic mass is 10.0. The molecule has 0 amide bonds. The van der Waals surface area contributed by atoms with E-state index in [0.29, 0.717) is 6.04 Å². The molecule has 14 heavy (non-hydrogen) atoms. The summed E-state index contributed by atoms with van der Waals surface area (Å²) >= 11 is 0. The zero-order valence-corrected chi connectivity index (χ0v) is 9.94. The molecule has 1 saturated heterocycles. The average molecular weight is 199 g/mol. The molecule has 2 atom stereocenters. The van der Waals surface area contributed by atoms with E-state index < -0.39 is 0 Å². The number of hydrogen-bond acceptors (Lipinski definition) is 2. The summed E-state index contributed by atoms with van der Waals surface area (Å²) in [6, 6.07) is 0.682. The van der Waals surface area contributed by atoms with Crippen LogP contribution in [0.15, 0.2) is 0 Å². The van der Waals surface area contributed by atoms with Crippen molar-refractivity contribution in [2.45, 2.75) is 64.5 Å². The van der Waals surface area contributed by atoms with Gasteiger partial charge in [0.25, 0.3) is 0 Å². The van der Waals surface area contributed by atoms with E-state index in [1.165, 1.54) is 32.1 Å². The Bertz CT molecular complexity index is 152. The molecular weight excluding hydrogens is 174 g/mol. The molecule has 0 aromatic rings. The van der Waals surface area contributed by atoms with Crippen LogP contribution in [0.2, 0.25) is 0 Å². The molecule has 0 saturated carbocycles. The van der Waals surface area contributed by atoms with Gasteiger partial charge >= 0.3 is 0 Å². The van der Waals surface area contributed by atoms with Gasteiger partial charge in [-0.25, -0.2) is 0 Å². The van der Waals surface area contributed by atoms with Gasteiger partial charge in [-0.2, -0.15) is 0 Å². The summed E-state index contributed by atoms with van der Waals surface area (Å²) in [5.74, 6) is 0. The standard InChI is InChI=1S/C12H25NO/c1-4-7-11(5-2)13-10-12(3)8-6-9-14-12/h11,13H,4-10H2,1-3H3. The maximum absolute atomic E-state index is 5.75. The van der Waals surface area contributed by atoms with Gasteiger partial charge in [-0.15, -0.1) is 0 Å². The fourth-order valence-corrected chi connectivity index (χ4v) is 2.14. The van der Waals surface area contributed by atoms with Crippen molar-refractivity contribution < 1.29 is 4.74 Å². The maximum Gasteiger partial charge on any atom is 0.0779 e. The van der Waals surface area contributed by atoms with E-state index in [0.717, 1.165) is 13.2 Å². The minimum atomic E-state index is 0.112. The second-order valence-corrected chi connectivity index (χ2v) is 4.68. The third kappa shape index (κ3) is 3.58. The number of hydrogen-bond donors (Lipinski definition) is 1. The zero-order chi connectivity index (χ0) is 10.4. The van der Waals surface area contributed by atoms with E-state index in [-0.39, 0.29) is 5.60 Å². The van der Waals surface area contributed by atoms with Crippen molar-refractivity contribution in [3.05, 3.63) is 0 Å². The van der Waals surface area contributed by atoms with Crippen molar-refractivity contribution in [3.8, 4) is 0 Å². The topological polar surface area (TPSA) is 21.3 Å². The van der Waals surface area contributed by atoms with Crippen LogP contribution in [0, 0.1) is 0 Å². The van der Waals surface area contributed by atoms with Gasteiger partial charge in [0, 0.05) is 19.2 Å². The Morgan fingerprint density at radius 3 is 2.71 bits per heavy atom. The minimum absolute atomic E-state index is 0.112. The van der Waals surface area contributed by atoms with Crippen LogP contribution in [-0.2, 0) is 4.74 Å². The van der Waals surface area contributed by atoms with Crippen molar-refractivity contribution in [2.24, 2.45) is 0 Å². The summed E-state index contributed by atoms with van der Waals surface area (Å²) in [5.41, 5.74) is 0.112. The SMILES string of the molecule is CCCC(CC)NCC1(C)CCCO1. The Hall–Kier alpha value is -0.0800. The van der Waals surface area contributed by atoms with Crippen LogP contribution >= 0.6 is 0 Å². The van der Waals surface area contributed by atoms with E-state index in [1.807, 2.05) is 0 Å². The second-order valence-electron chi connectivity index (χ2n) is 4.68. The summed E-state index contributed by atoms with van der Waals surface area (Å²) < 4.78 is 5.75. The first-order valence-corrected chi connectivity index (χ1v) is 6.07. The Morgan fingerprint density at radius 1 is 1.43 bits per heavy atom. The molecule has 1 N–H and O–H groups in total. The third-order valence-corrected chi connectivity index (χ3v) is 3.20. The summed E-state index contributed by atoms with van der Waals surface area (Å²) in [6.45, 7) is 8.70. The first-order chi connectivity index (χ1) is 6.70. The van der Waals surface area contributed by atoms with Crippen molar-refractivity contribution in [2.75, 3.05) is 13.2 Å². The van der Waals surface area contributed by atoms with Crippen molar-refractivity contribution >= 4 is 0 Å². The number of nitrogens with one attached hydrogen (secondary N) is 1. The van der Waals surface area contributed by atoms with Crippen molar-refractivity contribution in [3.63, 3.8) is 0 Å². The molecule has 1 rings (SSSR count). The van der Waals surface area contributed by atoms with Gasteiger partial charge in [0.15, 0.2) is 0 Å². The largest absolute Gasteiger partial charge is 0.374 e. The lowest BCUT2D eigenvalue weighted by Gasteiger charge is -2.26. The lowest BCUT2D eigenvalue weighted by Crippen LogP contribution is -2.41. The van der Waals surface area contributed by atoms with Crippen LogP contribution < -0.4 is 5.32 Å².